The highest BCUT2D eigenvalue weighted by Gasteiger charge is 2.27. The van der Waals surface area contributed by atoms with Gasteiger partial charge in [-0.1, -0.05) is 6.07 Å². The van der Waals surface area contributed by atoms with Crippen LogP contribution in [0.4, 0.5) is 5.69 Å². The maximum atomic E-state index is 12.6. The number of ether oxygens (including phenoxy) is 1. The molecule has 0 aromatic heterocycles. The van der Waals surface area contributed by atoms with Gasteiger partial charge in [0.2, 0.25) is 10.0 Å². The molecule has 0 aliphatic carbocycles. The van der Waals surface area contributed by atoms with E-state index in [9.17, 15) is 8.42 Å². The number of hydrogen-bond donors (Lipinski definition) is 0. The van der Waals surface area contributed by atoms with Crippen molar-refractivity contribution in [1.29, 1.82) is 0 Å². The molecule has 2 heterocycles. The fourth-order valence-corrected chi connectivity index (χ4v) is 4.20. The number of morpholine rings is 1. The number of anilines is 1. The maximum Gasteiger partial charge on any atom is 0.243 e. The lowest BCUT2D eigenvalue weighted by Crippen LogP contribution is -2.40. The summed E-state index contributed by atoms with van der Waals surface area (Å²) in [5, 5.41) is 0. The molecule has 3 rings (SSSR count). The average molecular weight is 296 g/mol. The largest absolute Gasteiger partial charge is 0.379 e. The van der Waals surface area contributed by atoms with Gasteiger partial charge in [0.05, 0.1) is 18.1 Å². The Hall–Kier alpha value is -1.11. The highest BCUT2D eigenvalue weighted by Crippen LogP contribution is 2.25. The first-order valence-electron chi connectivity index (χ1n) is 7.11. The van der Waals surface area contributed by atoms with E-state index in [0.717, 1.165) is 18.8 Å². The molecular weight excluding hydrogens is 276 g/mol. The van der Waals surface area contributed by atoms with E-state index in [2.05, 4.69) is 4.90 Å². The first-order chi connectivity index (χ1) is 9.68. The smallest absolute Gasteiger partial charge is 0.243 e. The third-order valence-corrected chi connectivity index (χ3v) is 5.79. The molecule has 5 nitrogen and oxygen atoms in total. The minimum Gasteiger partial charge on any atom is -0.379 e. The fraction of sp³-hybridized carbons (Fsp3) is 0.571. The molecule has 0 unspecified atom stereocenters. The maximum absolute atomic E-state index is 12.6. The summed E-state index contributed by atoms with van der Waals surface area (Å²) >= 11 is 0. The van der Waals surface area contributed by atoms with Crippen molar-refractivity contribution in [3.8, 4) is 0 Å². The summed E-state index contributed by atoms with van der Waals surface area (Å²) in [4.78, 5) is 2.64. The Labute approximate surface area is 120 Å². The minimum atomic E-state index is -3.39. The number of nitrogens with zero attached hydrogens (tertiary/aromatic N) is 2. The Bertz CT molecular complexity index is 562. The number of sulfonamides is 1. The van der Waals surface area contributed by atoms with Gasteiger partial charge < -0.3 is 9.64 Å². The Morgan fingerprint density at radius 3 is 2.40 bits per heavy atom. The van der Waals surface area contributed by atoms with Crippen molar-refractivity contribution < 1.29 is 13.2 Å². The monoisotopic (exact) mass is 296 g/mol. The molecule has 20 heavy (non-hydrogen) atoms. The second-order valence-electron chi connectivity index (χ2n) is 5.21. The Kier molecular flexibility index (Phi) is 3.96. The highest BCUT2D eigenvalue weighted by atomic mass is 32.2. The van der Waals surface area contributed by atoms with Crippen LogP contribution in [0.3, 0.4) is 0 Å². The number of hydrogen-bond acceptors (Lipinski definition) is 4. The summed E-state index contributed by atoms with van der Waals surface area (Å²) < 4.78 is 31.9. The van der Waals surface area contributed by atoms with Crippen molar-refractivity contribution in [3.63, 3.8) is 0 Å². The second-order valence-corrected chi connectivity index (χ2v) is 7.15. The lowest BCUT2D eigenvalue weighted by molar-refractivity contribution is 0.0730. The zero-order valence-electron chi connectivity index (χ0n) is 11.5. The van der Waals surface area contributed by atoms with Crippen LogP contribution in [0.5, 0.6) is 0 Å². The van der Waals surface area contributed by atoms with Crippen LogP contribution in [0, 0.1) is 0 Å². The summed E-state index contributed by atoms with van der Waals surface area (Å²) in [6.07, 6.45) is 2.36. The molecule has 2 aliphatic rings. The Morgan fingerprint density at radius 1 is 1.00 bits per heavy atom. The van der Waals surface area contributed by atoms with Crippen LogP contribution in [0.25, 0.3) is 0 Å². The Balaban J connectivity index is 1.86. The molecule has 0 saturated carbocycles. The summed E-state index contributed by atoms with van der Waals surface area (Å²) in [5.74, 6) is 0. The quantitative estimate of drug-likeness (QED) is 0.844. The molecule has 6 heteroatoms. The van der Waals surface area contributed by atoms with Gasteiger partial charge in [-0.3, -0.25) is 0 Å². The normalized spacial score (nSPS) is 21.3. The van der Waals surface area contributed by atoms with E-state index in [1.165, 1.54) is 17.1 Å². The summed E-state index contributed by atoms with van der Waals surface area (Å²) in [6.45, 7) is 3.87. The lowest BCUT2D eigenvalue weighted by atomic mass is 10.3. The third-order valence-electron chi connectivity index (χ3n) is 3.90. The topological polar surface area (TPSA) is 49.9 Å². The molecule has 1 aromatic carbocycles. The van der Waals surface area contributed by atoms with Gasteiger partial charge in [0.25, 0.3) is 0 Å². The molecular formula is C14H20N2O3S. The van der Waals surface area contributed by atoms with Crippen molar-refractivity contribution in [2.24, 2.45) is 0 Å². The van der Waals surface area contributed by atoms with E-state index >= 15 is 0 Å². The molecule has 0 radical (unpaired) electrons. The molecule has 2 fully saturated rings. The summed E-state index contributed by atoms with van der Waals surface area (Å²) in [5.41, 5.74) is 1.01. The van der Waals surface area contributed by atoms with E-state index in [1.54, 1.807) is 12.1 Å². The molecule has 0 bridgehead atoms. The van der Waals surface area contributed by atoms with Crippen LogP contribution in [0.15, 0.2) is 29.2 Å². The van der Waals surface area contributed by atoms with Gasteiger partial charge in [-0.2, -0.15) is 4.31 Å². The fourth-order valence-electron chi connectivity index (χ4n) is 2.75. The van der Waals surface area contributed by atoms with E-state index in [4.69, 9.17) is 4.74 Å². The summed E-state index contributed by atoms with van der Waals surface area (Å²) in [6, 6.07) is 7.31. The first-order valence-corrected chi connectivity index (χ1v) is 8.55. The van der Waals surface area contributed by atoms with Gasteiger partial charge in [0, 0.05) is 31.9 Å². The van der Waals surface area contributed by atoms with Crippen molar-refractivity contribution >= 4 is 15.7 Å². The molecule has 0 atom stereocenters. The first kappa shape index (κ1) is 13.9. The van der Waals surface area contributed by atoms with E-state index in [-0.39, 0.29) is 0 Å². The van der Waals surface area contributed by atoms with E-state index in [1.807, 2.05) is 12.1 Å². The number of benzene rings is 1. The van der Waals surface area contributed by atoms with Gasteiger partial charge in [0.15, 0.2) is 0 Å². The highest BCUT2D eigenvalue weighted by molar-refractivity contribution is 7.89. The predicted octanol–water partition coefficient (Wildman–Crippen LogP) is 1.31. The molecule has 0 amide bonds. The van der Waals surface area contributed by atoms with Gasteiger partial charge in [-0.25, -0.2) is 8.42 Å². The van der Waals surface area contributed by atoms with Crippen LogP contribution in [-0.2, 0) is 14.8 Å². The van der Waals surface area contributed by atoms with E-state index < -0.39 is 10.0 Å². The van der Waals surface area contributed by atoms with Crippen LogP contribution < -0.4 is 4.90 Å². The lowest BCUT2D eigenvalue weighted by Gasteiger charge is -2.26. The number of rotatable bonds is 3. The molecule has 110 valence electrons. The molecule has 1 aromatic rings. The van der Waals surface area contributed by atoms with Gasteiger partial charge in [0.1, 0.15) is 0 Å². The van der Waals surface area contributed by atoms with Crippen LogP contribution >= 0.6 is 0 Å². The molecule has 0 spiro atoms. The van der Waals surface area contributed by atoms with Crippen molar-refractivity contribution in [2.75, 3.05) is 44.3 Å². The van der Waals surface area contributed by atoms with Crippen molar-refractivity contribution in [3.05, 3.63) is 24.3 Å². The SMILES string of the molecule is O=S(=O)(c1cccc(N2CCCC2)c1)N1CCOCC1. The van der Waals surface area contributed by atoms with E-state index in [0.29, 0.717) is 31.2 Å². The van der Waals surface area contributed by atoms with Gasteiger partial charge in [-0.05, 0) is 31.0 Å². The van der Waals surface area contributed by atoms with Crippen molar-refractivity contribution in [2.45, 2.75) is 17.7 Å². The zero-order valence-corrected chi connectivity index (χ0v) is 12.3. The van der Waals surface area contributed by atoms with Gasteiger partial charge >= 0.3 is 0 Å². The van der Waals surface area contributed by atoms with Crippen molar-refractivity contribution in [1.82, 2.24) is 4.31 Å². The minimum absolute atomic E-state index is 0.392. The summed E-state index contributed by atoms with van der Waals surface area (Å²) in [7, 11) is -3.39. The van der Waals surface area contributed by atoms with Crippen LogP contribution in [0.2, 0.25) is 0 Å². The zero-order chi connectivity index (χ0) is 14.0. The van der Waals surface area contributed by atoms with Crippen LogP contribution in [0.1, 0.15) is 12.8 Å². The molecule has 2 aliphatic heterocycles. The van der Waals surface area contributed by atoms with Gasteiger partial charge in [-0.15, -0.1) is 0 Å². The Morgan fingerprint density at radius 2 is 1.70 bits per heavy atom. The standard InChI is InChI=1S/C14H20N2O3S/c17-20(18,16-8-10-19-11-9-16)14-5-3-4-13(12-14)15-6-1-2-7-15/h3-5,12H,1-2,6-11H2. The third kappa shape index (κ3) is 2.68. The van der Waals surface area contributed by atoms with Crippen LogP contribution in [-0.4, -0.2) is 52.1 Å². The molecule has 0 N–H and O–H groups in total. The predicted molar refractivity (Wildman–Crippen MR) is 77.5 cm³/mol. The second kappa shape index (κ2) is 5.71. The average Bonchev–Trinajstić information content (AvgIpc) is 3.03. The molecule has 2 saturated heterocycles.